The lowest BCUT2D eigenvalue weighted by Crippen LogP contribution is -2.24. The van der Waals surface area contributed by atoms with E-state index in [1.54, 1.807) is 24.3 Å². The third-order valence-electron chi connectivity index (χ3n) is 4.29. The number of anilines is 1. The highest BCUT2D eigenvalue weighted by Crippen LogP contribution is 2.36. The van der Waals surface area contributed by atoms with E-state index in [1.165, 1.54) is 27.2 Å². The lowest BCUT2D eigenvalue weighted by Gasteiger charge is -2.17. The minimum Gasteiger partial charge on any atom is -0.493 e. The number of hydrogen-bond donors (Lipinski definition) is 0. The highest BCUT2D eigenvalue weighted by Gasteiger charge is 2.25. The molecule has 0 aromatic heterocycles. The Hall–Kier alpha value is -3.95. The van der Waals surface area contributed by atoms with Crippen LogP contribution in [0.5, 0.6) is 11.5 Å². The molecule has 30 heavy (non-hydrogen) atoms. The van der Waals surface area contributed by atoms with Crippen LogP contribution in [0.2, 0.25) is 0 Å². The van der Waals surface area contributed by atoms with Crippen molar-refractivity contribution >= 4 is 35.1 Å². The van der Waals surface area contributed by atoms with Crippen molar-refractivity contribution in [2.45, 2.75) is 13.8 Å². The zero-order chi connectivity index (χ0) is 22.4. The fourth-order valence-electron chi connectivity index (χ4n) is 2.73. The largest absolute Gasteiger partial charge is 0.493 e. The minimum atomic E-state index is -0.741. The van der Waals surface area contributed by atoms with Gasteiger partial charge in [-0.05, 0) is 30.7 Å². The third-order valence-corrected chi connectivity index (χ3v) is 4.29. The summed E-state index contributed by atoms with van der Waals surface area (Å²) in [7, 11) is 2.88. The molecule has 0 fully saturated rings. The van der Waals surface area contributed by atoms with Crippen LogP contribution in [0, 0.1) is 20.2 Å². The Morgan fingerprint density at radius 1 is 1.10 bits per heavy atom. The van der Waals surface area contributed by atoms with Gasteiger partial charge in [-0.3, -0.25) is 25.0 Å². The molecule has 0 heterocycles. The van der Waals surface area contributed by atoms with E-state index in [1.807, 2.05) is 6.92 Å². The molecule has 2 aromatic rings. The Kier molecular flexibility index (Phi) is 7.08. The van der Waals surface area contributed by atoms with Crippen LogP contribution < -0.4 is 14.4 Å². The van der Waals surface area contributed by atoms with Crippen molar-refractivity contribution in [1.82, 2.24) is 0 Å². The van der Waals surface area contributed by atoms with Crippen molar-refractivity contribution in [3.63, 3.8) is 0 Å². The molecule has 0 spiro atoms. The molecule has 0 atom stereocenters. The summed E-state index contributed by atoms with van der Waals surface area (Å²) in [6, 6.07) is 7.13. The van der Waals surface area contributed by atoms with Crippen LogP contribution in [0.3, 0.4) is 0 Å². The minimum absolute atomic E-state index is 0.0533. The summed E-state index contributed by atoms with van der Waals surface area (Å²) in [5, 5.41) is 22.8. The van der Waals surface area contributed by atoms with Gasteiger partial charge in [0, 0.05) is 20.0 Å². The molecule has 0 aliphatic carbocycles. The van der Waals surface area contributed by atoms with Gasteiger partial charge < -0.3 is 14.4 Å². The summed E-state index contributed by atoms with van der Waals surface area (Å²) in [5.74, 6) is 0.607. The maximum atomic E-state index is 11.8. The normalized spacial score (nSPS) is 10.7. The van der Waals surface area contributed by atoms with Crippen molar-refractivity contribution in [3.8, 4) is 11.5 Å². The molecule has 0 aliphatic rings. The SMILES string of the molecule is CCOc1ccc(C=Cc2c(N(C)C(C)=O)cc([N+](=O)[O-])cc2[N+](=O)[O-])cc1OC. The summed E-state index contributed by atoms with van der Waals surface area (Å²) in [6.45, 7) is 3.56. The lowest BCUT2D eigenvalue weighted by atomic mass is 10.1. The van der Waals surface area contributed by atoms with Gasteiger partial charge >= 0.3 is 0 Å². The number of carbonyl (C=O) groups excluding carboxylic acids is 1. The fraction of sp³-hybridized carbons (Fsp3) is 0.250. The average molecular weight is 415 g/mol. The van der Waals surface area contributed by atoms with Gasteiger partial charge in [-0.1, -0.05) is 12.1 Å². The van der Waals surface area contributed by atoms with Gasteiger partial charge in [-0.2, -0.15) is 0 Å². The Morgan fingerprint density at radius 2 is 1.80 bits per heavy atom. The highest BCUT2D eigenvalue weighted by molar-refractivity contribution is 5.96. The maximum Gasteiger partial charge on any atom is 0.285 e. The van der Waals surface area contributed by atoms with Crippen LogP contribution in [-0.2, 0) is 4.79 Å². The summed E-state index contributed by atoms with van der Waals surface area (Å²) < 4.78 is 10.8. The molecule has 10 heteroatoms. The number of rotatable bonds is 8. The first-order valence-corrected chi connectivity index (χ1v) is 8.89. The molecule has 10 nitrogen and oxygen atoms in total. The number of non-ortho nitro benzene ring substituents is 1. The molecule has 2 aromatic carbocycles. The van der Waals surface area contributed by atoms with Gasteiger partial charge in [0.2, 0.25) is 5.91 Å². The molecule has 0 saturated carbocycles. The first-order valence-electron chi connectivity index (χ1n) is 8.89. The van der Waals surface area contributed by atoms with E-state index in [-0.39, 0.29) is 11.3 Å². The van der Waals surface area contributed by atoms with Crippen molar-refractivity contribution < 1.29 is 24.1 Å². The third kappa shape index (κ3) is 4.90. The second-order valence-corrected chi connectivity index (χ2v) is 6.17. The van der Waals surface area contributed by atoms with Crippen molar-refractivity contribution in [3.05, 3.63) is 61.7 Å². The quantitative estimate of drug-likeness (QED) is 0.361. The van der Waals surface area contributed by atoms with Crippen molar-refractivity contribution in [2.24, 2.45) is 0 Å². The monoisotopic (exact) mass is 415 g/mol. The standard InChI is InChI=1S/C20H21N3O7/c1-5-30-19-9-7-14(10-20(19)29-4)6-8-16-17(21(3)13(2)24)11-15(22(25)26)12-18(16)23(27)28/h6-12H,5H2,1-4H3. The number of nitrogens with zero attached hydrogens (tertiary/aromatic N) is 3. The van der Waals surface area contributed by atoms with Crippen molar-refractivity contribution in [2.75, 3.05) is 25.7 Å². The summed E-state index contributed by atoms with van der Waals surface area (Å²) in [4.78, 5) is 34.3. The van der Waals surface area contributed by atoms with E-state index in [4.69, 9.17) is 9.47 Å². The van der Waals surface area contributed by atoms with E-state index in [0.29, 0.717) is 23.7 Å². The van der Waals surface area contributed by atoms with Crippen LogP contribution in [0.15, 0.2) is 30.3 Å². The number of amides is 1. The fourth-order valence-corrected chi connectivity index (χ4v) is 2.73. The molecule has 1 amide bonds. The van der Waals surface area contributed by atoms with Crippen LogP contribution in [-0.4, -0.2) is 36.5 Å². The summed E-state index contributed by atoms with van der Waals surface area (Å²) in [5.41, 5.74) is -0.195. The summed E-state index contributed by atoms with van der Waals surface area (Å²) in [6.07, 6.45) is 3.02. The highest BCUT2D eigenvalue weighted by atomic mass is 16.6. The molecule has 0 N–H and O–H groups in total. The molecular formula is C20H21N3O7. The lowest BCUT2D eigenvalue weighted by molar-refractivity contribution is -0.394. The van der Waals surface area contributed by atoms with E-state index >= 15 is 0 Å². The van der Waals surface area contributed by atoms with Crippen LogP contribution in [0.25, 0.3) is 12.2 Å². The Morgan fingerprint density at radius 3 is 2.33 bits per heavy atom. The smallest absolute Gasteiger partial charge is 0.285 e. The van der Waals surface area contributed by atoms with Gasteiger partial charge in [-0.15, -0.1) is 0 Å². The van der Waals surface area contributed by atoms with E-state index in [2.05, 4.69) is 0 Å². The predicted molar refractivity (Wildman–Crippen MR) is 112 cm³/mol. The first-order chi connectivity index (χ1) is 14.2. The molecule has 0 aliphatic heterocycles. The molecule has 158 valence electrons. The van der Waals surface area contributed by atoms with Gasteiger partial charge in [0.15, 0.2) is 11.5 Å². The number of nitro groups is 2. The van der Waals surface area contributed by atoms with Crippen molar-refractivity contribution in [1.29, 1.82) is 0 Å². The molecule has 0 bridgehead atoms. The number of benzene rings is 2. The number of ether oxygens (including phenoxy) is 2. The Labute approximate surface area is 172 Å². The second kappa shape index (κ2) is 9.50. The van der Waals surface area contributed by atoms with Gasteiger partial charge in [0.25, 0.3) is 11.4 Å². The average Bonchev–Trinajstić information content (AvgIpc) is 2.71. The topological polar surface area (TPSA) is 125 Å². The molecule has 2 rings (SSSR count). The van der Waals surface area contributed by atoms with E-state index in [0.717, 1.165) is 17.0 Å². The Balaban J connectivity index is 2.63. The van der Waals surface area contributed by atoms with Crippen LogP contribution in [0.4, 0.5) is 17.1 Å². The zero-order valence-corrected chi connectivity index (χ0v) is 16.9. The molecule has 0 radical (unpaired) electrons. The van der Waals surface area contributed by atoms with Gasteiger partial charge in [0.05, 0.1) is 40.9 Å². The van der Waals surface area contributed by atoms with E-state index < -0.39 is 27.1 Å². The second-order valence-electron chi connectivity index (χ2n) is 6.17. The Bertz CT molecular complexity index is 1020. The van der Waals surface area contributed by atoms with Gasteiger partial charge in [-0.25, -0.2) is 0 Å². The number of nitro benzene ring substituents is 2. The number of methoxy groups -OCH3 is 1. The first kappa shape index (κ1) is 22.3. The summed E-state index contributed by atoms with van der Waals surface area (Å²) >= 11 is 0. The van der Waals surface area contributed by atoms with Crippen LogP contribution in [0.1, 0.15) is 25.0 Å². The molecule has 0 saturated heterocycles. The molecular weight excluding hydrogens is 394 g/mol. The van der Waals surface area contributed by atoms with E-state index in [9.17, 15) is 25.0 Å². The maximum absolute atomic E-state index is 11.8. The van der Waals surface area contributed by atoms with Crippen LogP contribution >= 0.6 is 0 Å². The molecule has 0 unspecified atom stereocenters. The number of hydrogen-bond acceptors (Lipinski definition) is 7. The zero-order valence-electron chi connectivity index (χ0n) is 16.9. The number of carbonyl (C=O) groups is 1. The predicted octanol–water partition coefficient (Wildman–Crippen LogP) is 4.06. The van der Waals surface area contributed by atoms with Gasteiger partial charge in [0.1, 0.15) is 0 Å².